The van der Waals surface area contributed by atoms with E-state index in [2.05, 4.69) is 16.9 Å². The fourth-order valence-electron chi connectivity index (χ4n) is 1.77. The lowest BCUT2D eigenvalue weighted by molar-refractivity contribution is 0.164. The summed E-state index contributed by atoms with van der Waals surface area (Å²) >= 11 is 0. The van der Waals surface area contributed by atoms with Crippen molar-refractivity contribution in [2.24, 2.45) is 7.05 Å². The van der Waals surface area contributed by atoms with Gasteiger partial charge in [-0.15, -0.1) is 0 Å². The topological polar surface area (TPSA) is 50.9 Å². The van der Waals surface area contributed by atoms with Crippen molar-refractivity contribution >= 4 is 0 Å². The van der Waals surface area contributed by atoms with Gasteiger partial charge < -0.3 is 9.67 Å². The molecule has 17 heavy (non-hydrogen) atoms. The summed E-state index contributed by atoms with van der Waals surface area (Å²) in [5.41, 5.74) is 2.10. The zero-order valence-corrected chi connectivity index (χ0v) is 10.2. The zero-order chi connectivity index (χ0) is 12.3. The number of hydrogen-bond acceptors (Lipinski definition) is 3. The minimum atomic E-state index is -0.602. The first kappa shape index (κ1) is 11.8. The van der Waals surface area contributed by atoms with E-state index in [0.29, 0.717) is 12.2 Å². The third-order valence-electron chi connectivity index (χ3n) is 2.85. The Morgan fingerprint density at radius 1 is 1.35 bits per heavy atom. The zero-order valence-electron chi connectivity index (χ0n) is 10.2. The van der Waals surface area contributed by atoms with Crippen LogP contribution in [0.15, 0.2) is 30.7 Å². The highest BCUT2D eigenvalue weighted by Crippen LogP contribution is 2.15. The molecule has 0 fully saturated rings. The third kappa shape index (κ3) is 2.71. The van der Waals surface area contributed by atoms with Crippen molar-refractivity contribution < 1.29 is 5.11 Å². The lowest BCUT2D eigenvalue weighted by Gasteiger charge is -2.10. The number of rotatable bonds is 4. The number of aliphatic hydroxyl groups is 1. The van der Waals surface area contributed by atoms with Gasteiger partial charge in [0, 0.05) is 37.8 Å². The van der Waals surface area contributed by atoms with Gasteiger partial charge in [-0.25, -0.2) is 4.98 Å². The van der Waals surface area contributed by atoms with Crippen molar-refractivity contribution in [2.45, 2.75) is 25.9 Å². The molecule has 2 rings (SSSR count). The smallest absolute Gasteiger partial charge is 0.137 e. The summed E-state index contributed by atoms with van der Waals surface area (Å²) in [7, 11) is 1.87. The lowest BCUT2D eigenvalue weighted by Crippen LogP contribution is -2.09. The average molecular weight is 231 g/mol. The monoisotopic (exact) mass is 231 g/mol. The van der Waals surface area contributed by atoms with Crippen LogP contribution in [-0.4, -0.2) is 19.6 Å². The van der Waals surface area contributed by atoms with Gasteiger partial charge >= 0.3 is 0 Å². The second-order valence-electron chi connectivity index (χ2n) is 4.13. The van der Waals surface area contributed by atoms with Crippen LogP contribution in [0.25, 0.3) is 0 Å². The van der Waals surface area contributed by atoms with E-state index in [9.17, 15) is 5.11 Å². The van der Waals surface area contributed by atoms with E-state index in [1.165, 1.54) is 5.56 Å². The van der Waals surface area contributed by atoms with E-state index < -0.39 is 6.10 Å². The number of hydrogen-bond donors (Lipinski definition) is 1. The van der Waals surface area contributed by atoms with Crippen LogP contribution in [0.3, 0.4) is 0 Å². The molecule has 0 saturated carbocycles. The van der Waals surface area contributed by atoms with Gasteiger partial charge in [0.2, 0.25) is 0 Å². The van der Waals surface area contributed by atoms with Crippen LogP contribution in [0.4, 0.5) is 0 Å². The Morgan fingerprint density at radius 2 is 2.18 bits per heavy atom. The summed E-state index contributed by atoms with van der Waals surface area (Å²) in [6.45, 7) is 2.10. The number of pyridine rings is 1. The van der Waals surface area contributed by atoms with E-state index in [1.807, 2.05) is 36.1 Å². The first-order valence-corrected chi connectivity index (χ1v) is 5.79. The summed E-state index contributed by atoms with van der Waals surface area (Å²) in [5, 5.41) is 10.0. The molecule has 1 unspecified atom stereocenters. The van der Waals surface area contributed by atoms with Crippen LogP contribution < -0.4 is 0 Å². The van der Waals surface area contributed by atoms with Crippen LogP contribution in [0.5, 0.6) is 0 Å². The Labute approximate surface area is 101 Å². The van der Waals surface area contributed by atoms with Crippen molar-refractivity contribution in [1.82, 2.24) is 14.5 Å². The molecule has 1 N–H and O–H groups in total. The second kappa shape index (κ2) is 5.10. The van der Waals surface area contributed by atoms with Gasteiger partial charge in [-0.2, -0.15) is 0 Å². The predicted octanol–water partition coefficient (Wildman–Crippen LogP) is 1.65. The van der Waals surface area contributed by atoms with Gasteiger partial charge in [-0.1, -0.05) is 13.0 Å². The molecule has 0 amide bonds. The maximum atomic E-state index is 10.0. The van der Waals surface area contributed by atoms with Crippen LogP contribution >= 0.6 is 0 Å². The van der Waals surface area contributed by atoms with Crippen LogP contribution in [0.1, 0.15) is 30.1 Å². The fourth-order valence-corrected chi connectivity index (χ4v) is 1.77. The molecule has 2 heterocycles. The standard InChI is InChI=1S/C13H17N3O/c1-3-10-4-5-11(15-9-10)8-12(17)13-14-6-7-16(13)2/h4-7,9,12,17H,3,8H2,1-2H3. The quantitative estimate of drug-likeness (QED) is 0.870. The first-order chi connectivity index (χ1) is 8.20. The van der Waals surface area contributed by atoms with Crippen molar-refractivity contribution in [3.8, 4) is 0 Å². The van der Waals surface area contributed by atoms with Crippen molar-refractivity contribution in [1.29, 1.82) is 0 Å². The number of imidazole rings is 1. The van der Waals surface area contributed by atoms with Gasteiger partial charge in [-0.05, 0) is 18.1 Å². The molecule has 0 aromatic carbocycles. The molecule has 0 aliphatic heterocycles. The second-order valence-corrected chi connectivity index (χ2v) is 4.13. The molecule has 0 radical (unpaired) electrons. The Bertz CT molecular complexity index is 476. The molecule has 4 nitrogen and oxygen atoms in total. The van der Waals surface area contributed by atoms with Gasteiger partial charge in [0.15, 0.2) is 0 Å². The third-order valence-corrected chi connectivity index (χ3v) is 2.85. The Kier molecular flexibility index (Phi) is 3.54. The van der Waals surface area contributed by atoms with Gasteiger partial charge in [0.25, 0.3) is 0 Å². The maximum absolute atomic E-state index is 10.0. The highest BCUT2D eigenvalue weighted by atomic mass is 16.3. The minimum absolute atomic E-state index is 0.495. The van der Waals surface area contributed by atoms with Gasteiger partial charge in [0.1, 0.15) is 11.9 Å². The molecule has 0 saturated heterocycles. The molecule has 2 aromatic heterocycles. The Morgan fingerprint density at radius 3 is 2.71 bits per heavy atom. The molecule has 2 aromatic rings. The van der Waals surface area contributed by atoms with E-state index in [1.54, 1.807) is 6.20 Å². The van der Waals surface area contributed by atoms with E-state index in [0.717, 1.165) is 12.1 Å². The predicted molar refractivity (Wildman–Crippen MR) is 65.5 cm³/mol. The molecule has 0 aliphatic rings. The Balaban J connectivity index is 2.07. The van der Waals surface area contributed by atoms with Crippen LogP contribution in [-0.2, 0) is 19.9 Å². The van der Waals surface area contributed by atoms with E-state index in [4.69, 9.17) is 0 Å². The molecule has 0 aliphatic carbocycles. The maximum Gasteiger partial charge on any atom is 0.137 e. The largest absolute Gasteiger partial charge is 0.385 e. The molecular weight excluding hydrogens is 214 g/mol. The van der Waals surface area contributed by atoms with Crippen LogP contribution in [0, 0.1) is 0 Å². The Hall–Kier alpha value is -1.68. The first-order valence-electron chi connectivity index (χ1n) is 5.79. The fraction of sp³-hybridized carbons (Fsp3) is 0.385. The molecule has 1 atom stereocenters. The summed E-state index contributed by atoms with van der Waals surface area (Å²) in [5.74, 6) is 0.673. The molecule has 0 spiro atoms. The molecule has 4 heteroatoms. The summed E-state index contributed by atoms with van der Waals surface area (Å²) in [6.07, 6.45) is 6.25. The van der Waals surface area contributed by atoms with E-state index >= 15 is 0 Å². The van der Waals surface area contributed by atoms with Crippen molar-refractivity contribution in [3.63, 3.8) is 0 Å². The highest BCUT2D eigenvalue weighted by Gasteiger charge is 2.13. The number of aryl methyl sites for hydroxylation is 2. The highest BCUT2D eigenvalue weighted by molar-refractivity contribution is 5.15. The molecular formula is C13H17N3O. The number of aliphatic hydroxyl groups excluding tert-OH is 1. The summed E-state index contributed by atoms with van der Waals surface area (Å²) in [4.78, 5) is 8.46. The van der Waals surface area contributed by atoms with Crippen molar-refractivity contribution in [2.75, 3.05) is 0 Å². The normalized spacial score (nSPS) is 12.6. The summed E-state index contributed by atoms with van der Waals surface area (Å²) < 4.78 is 1.82. The molecule has 90 valence electrons. The number of nitrogens with zero attached hydrogens (tertiary/aromatic N) is 3. The van der Waals surface area contributed by atoms with E-state index in [-0.39, 0.29) is 0 Å². The minimum Gasteiger partial charge on any atom is -0.385 e. The van der Waals surface area contributed by atoms with Gasteiger partial charge in [-0.3, -0.25) is 4.98 Å². The SMILES string of the molecule is CCc1ccc(CC(O)c2nccn2C)nc1. The van der Waals surface area contributed by atoms with Crippen LogP contribution in [0.2, 0.25) is 0 Å². The van der Waals surface area contributed by atoms with Gasteiger partial charge in [0.05, 0.1) is 0 Å². The van der Waals surface area contributed by atoms with Crippen molar-refractivity contribution in [3.05, 3.63) is 47.8 Å². The number of aromatic nitrogens is 3. The summed E-state index contributed by atoms with van der Waals surface area (Å²) in [6, 6.07) is 4.01. The average Bonchev–Trinajstić information content (AvgIpc) is 2.76. The lowest BCUT2D eigenvalue weighted by atomic mass is 10.1. The molecule has 0 bridgehead atoms.